The van der Waals surface area contributed by atoms with Gasteiger partial charge in [-0.1, -0.05) is 31.9 Å². The minimum absolute atomic E-state index is 0.0749. The number of benzene rings is 1. The fourth-order valence-electron chi connectivity index (χ4n) is 2.91. The molecule has 1 aliphatic heterocycles. The van der Waals surface area contributed by atoms with Gasteiger partial charge in [0.15, 0.2) is 0 Å². The first-order valence-electron chi connectivity index (χ1n) is 7.43. The second kappa shape index (κ2) is 7.01. The van der Waals surface area contributed by atoms with Crippen molar-refractivity contribution in [1.82, 2.24) is 10.2 Å². The van der Waals surface area contributed by atoms with Crippen LogP contribution in [-0.2, 0) is 0 Å². The molecule has 106 valence electrons. The van der Waals surface area contributed by atoms with Crippen molar-refractivity contribution in [1.29, 1.82) is 0 Å². The molecule has 0 aliphatic carbocycles. The van der Waals surface area contributed by atoms with Crippen LogP contribution >= 0.6 is 0 Å². The zero-order valence-electron chi connectivity index (χ0n) is 12.1. The molecule has 1 N–H and O–H groups in total. The van der Waals surface area contributed by atoms with E-state index in [1.165, 1.54) is 18.4 Å². The van der Waals surface area contributed by atoms with Crippen LogP contribution in [0, 0.1) is 12.7 Å². The van der Waals surface area contributed by atoms with Gasteiger partial charge in [-0.15, -0.1) is 0 Å². The summed E-state index contributed by atoms with van der Waals surface area (Å²) in [6, 6.07) is 5.88. The van der Waals surface area contributed by atoms with Gasteiger partial charge < -0.3 is 5.32 Å². The molecule has 0 spiro atoms. The van der Waals surface area contributed by atoms with Crippen LogP contribution in [0.1, 0.15) is 43.4 Å². The molecule has 0 bridgehead atoms. The van der Waals surface area contributed by atoms with E-state index in [9.17, 15) is 4.39 Å². The van der Waals surface area contributed by atoms with E-state index >= 15 is 0 Å². The number of unbranched alkanes of at least 4 members (excludes halogenated alkanes) is 1. The van der Waals surface area contributed by atoms with Crippen LogP contribution < -0.4 is 5.32 Å². The van der Waals surface area contributed by atoms with E-state index in [0.29, 0.717) is 6.04 Å². The van der Waals surface area contributed by atoms with Crippen LogP contribution in [-0.4, -0.2) is 31.1 Å². The lowest BCUT2D eigenvalue weighted by molar-refractivity contribution is 0.162. The second-order valence-corrected chi connectivity index (χ2v) is 5.40. The summed E-state index contributed by atoms with van der Waals surface area (Å²) in [7, 11) is 0. The third kappa shape index (κ3) is 3.54. The Morgan fingerprint density at radius 2 is 2.05 bits per heavy atom. The predicted octanol–water partition coefficient (Wildman–Crippen LogP) is 3.27. The quantitative estimate of drug-likeness (QED) is 0.878. The molecular weight excluding hydrogens is 239 g/mol. The average molecular weight is 264 g/mol. The summed E-state index contributed by atoms with van der Waals surface area (Å²) >= 11 is 0. The fraction of sp³-hybridized carbons (Fsp3) is 0.625. The number of hydrogen-bond donors (Lipinski definition) is 1. The van der Waals surface area contributed by atoms with Gasteiger partial charge in [0.1, 0.15) is 5.82 Å². The average Bonchev–Trinajstić information content (AvgIpc) is 2.45. The van der Waals surface area contributed by atoms with Crippen LogP contribution in [0.15, 0.2) is 18.2 Å². The van der Waals surface area contributed by atoms with Gasteiger partial charge in [0, 0.05) is 32.2 Å². The molecule has 1 heterocycles. The third-order valence-electron chi connectivity index (χ3n) is 4.09. The van der Waals surface area contributed by atoms with Crippen LogP contribution in [0.4, 0.5) is 4.39 Å². The van der Waals surface area contributed by atoms with E-state index in [2.05, 4.69) is 23.2 Å². The van der Waals surface area contributed by atoms with Crippen molar-refractivity contribution < 1.29 is 4.39 Å². The molecule has 1 aromatic rings. The lowest BCUT2D eigenvalue weighted by atomic mass is 9.94. The summed E-state index contributed by atoms with van der Waals surface area (Å²) in [5.74, 6) is -0.0749. The molecule has 1 atom stereocenters. The Kier molecular flexibility index (Phi) is 5.34. The van der Waals surface area contributed by atoms with Gasteiger partial charge in [-0.25, -0.2) is 4.39 Å². The molecule has 1 saturated heterocycles. The Morgan fingerprint density at radius 1 is 1.32 bits per heavy atom. The maximum absolute atomic E-state index is 13.8. The Balaban J connectivity index is 2.22. The number of halogens is 1. The van der Waals surface area contributed by atoms with E-state index < -0.39 is 0 Å². The largest absolute Gasteiger partial charge is 0.314 e. The highest BCUT2D eigenvalue weighted by molar-refractivity contribution is 5.30. The van der Waals surface area contributed by atoms with Crippen LogP contribution in [0.3, 0.4) is 0 Å². The topological polar surface area (TPSA) is 15.3 Å². The predicted molar refractivity (Wildman–Crippen MR) is 77.8 cm³/mol. The van der Waals surface area contributed by atoms with Crippen molar-refractivity contribution in [2.24, 2.45) is 0 Å². The summed E-state index contributed by atoms with van der Waals surface area (Å²) in [5.41, 5.74) is 2.00. The molecule has 0 radical (unpaired) electrons. The van der Waals surface area contributed by atoms with Crippen molar-refractivity contribution in [2.45, 2.75) is 39.2 Å². The molecule has 0 aromatic heterocycles. The van der Waals surface area contributed by atoms with Crippen LogP contribution in [0.2, 0.25) is 0 Å². The second-order valence-electron chi connectivity index (χ2n) is 5.40. The molecule has 19 heavy (non-hydrogen) atoms. The molecule has 0 saturated carbocycles. The first-order valence-corrected chi connectivity index (χ1v) is 7.43. The van der Waals surface area contributed by atoms with Gasteiger partial charge >= 0.3 is 0 Å². The van der Waals surface area contributed by atoms with Gasteiger partial charge in [0.05, 0.1) is 0 Å². The minimum atomic E-state index is -0.0749. The smallest absolute Gasteiger partial charge is 0.126 e. The van der Waals surface area contributed by atoms with Crippen molar-refractivity contribution in [3.63, 3.8) is 0 Å². The molecule has 2 nitrogen and oxygen atoms in total. The zero-order chi connectivity index (χ0) is 13.7. The monoisotopic (exact) mass is 264 g/mol. The van der Waals surface area contributed by atoms with Crippen molar-refractivity contribution >= 4 is 0 Å². The summed E-state index contributed by atoms with van der Waals surface area (Å²) in [6.45, 7) is 8.32. The number of nitrogens with one attached hydrogen (secondary N) is 1. The van der Waals surface area contributed by atoms with E-state index in [1.54, 1.807) is 6.07 Å². The number of nitrogens with zero attached hydrogens (tertiary/aromatic N) is 1. The maximum Gasteiger partial charge on any atom is 0.126 e. The molecule has 0 amide bonds. The molecule has 0 unspecified atom stereocenters. The van der Waals surface area contributed by atoms with E-state index in [0.717, 1.165) is 38.2 Å². The van der Waals surface area contributed by atoms with Gasteiger partial charge in [-0.05, 0) is 30.5 Å². The molecular formula is C16H25FN2. The van der Waals surface area contributed by atoms with Gasteiger partial charge in [-0.2, -0.15) is 0 Å². The first-order chi connectivity index (χ1) is 9.24. The van der Waals surface area contributed by atoms with Crippen molar-refractivity contribution in [2.75, 3.05) is 26.2 Å². The van der Waals surface area contributed by atoms with Gasteiger partial charge in [-0.3, -0.25) is 4.90 Å². The zero-order valence-corrected chi connectivity index (χ0v) is 12.1. The molecule has 1 aromatic carbocycles. The number of rotatable bonds is 5. The molecule has 1 aliphatic rings. The summed E-state index contributed by atoms with van der Waals surface area (Å²) in [5, 5.41) is 3.39. The number of piperazine rings is 1. The molecule has 2 rings (SSSR count). The normalized spacial score (nSPS) is 18.5. The van der Waals surface area contributed by atoms with E-state index in [-0.39, 0.29) is 5.82 Å². The van der Waals surface area contributed by atoms with Crippen molar-refractivity contribution in [3.8, 4) is 0 Å². The molecule has 3 heteroatoms. The van der Waals surface area contributed by atoms with Crippen LogP contribution in [0.25, 0.3) is 0 Å². The van der Waals surface area contributed by atoms with Crippen molar-refractivity contribution in [3.05, 3.63) is 35.1 Å². The maximum atomic E-state index is 13.8. The standard InChI is InChI=1S/C16H25FN2/c1-3-4-8-16(19-11-9-18-10-12-19)14-6-5-7-15(17)13(14)2/h5-7,16,18H,3-4,8-12H2,1-2H3/t16-/m1/s1. The SMILES string of the molecule is CCCC[C@H](c1cccc(F)c1C)N1CCNCC1. The number of hydrogen-bond acceptors (Lipinski definition) is 2. The fourth-order valence-corrected chi connectivity index (χ4v) is 2.91. The lowest BCUT2D eigenvalue weighted by Gasteiger charge is -2.36. The first kappa shape index (κ1) is 14.5. The third-order valence-corrected chi connectivity index (χ3v) is 4.09. The highest BCUT2D eigenvalue weighted by Gasteiger charge is 2.23. The highest BCUT2D eigenvalue weighted by Crippen LogP contribution is 2.30. The Hall–Kier alpha value is -0.930. The van der Waals surface area contributed by atoms with Crippen LogP contribution in [0.5, 0.6) is 0 Å². The van der Waals surface area contributed by atoms with Gasteiger partial charge in [0.2, 0.25) is 0 Å². The highest BCUT2D eigenvalue weighted by atomic mass is 19.1. The molecule has 1 fully saturated rings. The summed E-state index contributed by atoms with van der Waals surface area (Å²) < 4.78 is 13.8. The van der Waals surface area contributed by atoms with E-state index in [4.69, 9.17) is 0 Å². The Morgan fingerprint density at radius 3 is 2.74 bits per heavy atom. The summed E-state index contributed by atoms with van der Waals surface area (Å²) in [6.07, 6.45) is 3.52. The lowest BCUT2D eigenvalue weighted by Crippen LogP contribution is -2.45. The van der Waals surface area contributed by atoms with E-state index in [1.807, 2.05) is 13.0 Å². The minimum Gasteiger partial charge on any atom is -0.314 e. The Labute approximate surface area is 116 Å². The summed E-state index contributed by atoms with van der Waals surface area (Å²) in [4.78, 5) is 2.51. The van der Waals surface area contributed by atoms with Gasteiger partial charge in [0.25, 0.3) is 0 Å². The Bertz CT molecular complexity index is 400.